The molecule has 1 aliphatic rings. The Bertz CT molecular complexity index is 534. The van der Waals surface area contributed by atoms with Crippen LogP contribution in [0.1, 0.15) is 31.7 Å². The highest BCUT2D eigenvalue weighted by atomic mass is 19.4. The van der Waals surface area contributed by atoms with Crippen LogP contribution in [-0.2, 0) is 11.2 Å². The summed E-state index contributed by atoms with van der Waals surface area (Å²) in [5.41, 5.74) is 3.19. The van der Waals surface area contributed by atoms with Gasteiger partial charge in [0.25, 0.3) is 0 Å². The molecule has 1 aliphatic heterocycles. The average Bonchev–Trinajstić information content (AvgIpc) is 2.90. The van der Waals surface area contributed by atoms with Crippen molar-refractivity contribution in [3.63, 3.8) is 0 Å². The van der Waals surface area contributed by atoms with Gasteiger partial charge < -0.3 is 4.74 Å². The fraction of sp³-hybridized carbons (Fsp3) is 0.562. The summed E-state index contributed by atoms with van der Waals surface area (Å²) in [6.45, 7) is 2.48. The van der Waals surface area contributed by atoms with Gasteiger partial charge in [-0.2, -0.15) is 13.2 Å². The SMILES string of the molecule is CCOc1ccccc1CCC[C@H](N1CCC(=O)N1)C(F)(F)F. The number of nitrogens with one attached hydrogen (secondary N) is 1. The molecule has 1 amide bonds. The first-order chi connectivity index (χ1) is 10.9. The predicted octanol–water partition coefficient (Wildman–Crippen LogP) is 3.08. The zero-order valence-electron chi connectivity index (χ0n) is 13.0. The number of halogens is 3. The zero-order valence-corrected chi connectivity index (χ0v) is 13.0. The number of hydrazine groups is 1. The number of para-hydroxylation sites is 1. The Morgan fingerprint density at radius 3 is 2.70 bits per heavy atom. The summed E-state index contributed by atoms with van der Waals surface area (Å²) < 4.78 is 45.1. The van der Waals surface area contributed by atoms with Crippen LogP contribution in [0.2, 0.25) is 0 Å². The van der Waals surface area contributed by atoms with E-state index in [1.54, 1.807) is 0 Å². The largest absolute Gasteiger partial charge is 0.494 e. The standard InChI is InChI=1S/C16H21F3N2O2/c1-2-23-13-8-4-3-6-12(13)7-5-9-14(16(17,18)19)21-11-10-15(22)20-21/h3-4,6,8,14H,2,5,7,9-11H2,1H3,(H,20,22)/t14-/m0/s1. The molecule has 1 atom stereocenters. The van der Waals surface area contributed by atoms with Gasteiger partial charge in [0.2, 0.25) is 5.91 Å². The smallest absolute Gasteiger partial charge is 0.405 e. The van der Waals surface area contributed by atoms with E-state index >= 15 is 0 Å². The Morgan fingerprint density at radius 2 is 2.09 bits per heavy atom. The summed E-state index contributed by atoms with van der Waals surface area (Å²) in [7, 11) is 0. The minimum Gasteiger partial charge on any atom is -0.494 e. The van der Waals surface area contributed by atoms with Crippen LogP contribution in [0.25, 0.3) is 0 Å². The third-order valence-electron chi connectivity index (χ3n) is 3.80. The van der Waals surface area contributed by atoms with Crippen molar-refractivity contribution in [2.75, 3.05) is 13.2 Å². The highest BCUT2D eigenvalue weighted by molar-refractivity contribution is 5.77. The molecule has 0 saturated carbocycles. The van der Waals surface area contributed by atoms with E-state index in [1.807, 2.05) is 31.2 Å². The summed E-state index contributed by atoms with van der Waals surface area (Å²) in [6, 6.07) is 5.73. The molecule has 1 heterocycles. The predicted molar refractivity (Wildman–Crippen MR) is 79.9 cm³/mol. The molecule has 128 valence electrons. The van der Waals surface area contributed by atoms with Crippen LogP contribution < -0.4 is 10.2 Å². The average molecular weight is 330 g/mol. The van der Waals surface area contributed by atoms with Gasteiger partial charge in [-0.3, -0.25) is 10.2 Å². The molecule has 4 nitrogen and oxygen atoms in total. The number of aryl methyl sites for hydroxylation is 1. The van der Waals surface area contributed by atoms with Crippen LogP contribution in [0.3, 0.4) is 0 Å². The van der Waals surface area contributed by atoms with Gasteiger partial charge in [-0.15, -0.1) is 0 Å². The molecule has 1 aromatic carbocycles. The lowest BCUT2D eigenvalue weighted by atomic mass is 10.0. The fourth-order valence-corrected chi connectivity index (χ4v) is 2.72. The topological polar surface area (TPSA) is 41.6 Å². The molecular weight excluding hydrogens is 309 g/mol. The van der Waals surface area contributed by atoms with Crippen molar-refractivity contribution in [1.82, 2.24) is 10.4 Å². The monoisotopic (exact) mass is 330 g/mol. The lowest BCUT2D eigenvalue weighted by Gasteiger charge is -2.29. The van der Waals surface area contributed by atoms with Crippen molar-refractivity contribution >= 4 is 5.91 Å². The Kier molecular flexibility index (Phi) is 5.87. The van der Waals surface area contributed by atoms with Crippen molar-refractivity contribution < 1.29 is 22.7 Å². The second-order valence-electron chi connectivity index (χ2n) is 5.47. The maximum Gasteiger partial charge on any atom is 0.405 e. The van der Waals surface area contributed by atoms with E-state index < -0.39 is 12.2 Å². The maximum atomic E-state index is 13.2. The van der Waals surface area contributed by atoms with Gasteiger partial charge in [-0.25, -0.2) is 5.01 Å². The molecule has 23 heavy (non-hydrogen) atoms. The maximum absolute atomic E-state index is 13.2. The summed E-state index contributed by atoms with van der Waals surface area (Å²) in [5, 5.41) is 1.01. The molecule has 0 aromatic heterocycles. The lowest BCUT2D eigenvalue weighted by Crippen LogP contribution is -2.49. The fourth-order valence-electron chi connectivity index (χ4n) is 2.72. The van der Waals surface area contributed by atoms with E-state index in [9.17, 15) is 18.0 Å². The number of carbonyl (C=O) groups is 1. The normalized spacial score (nSPS) is 17.1. The van der Waals surface area contributed by atoms with E-state index in [2.05, 4.69) is 5.43 Å². The molecule has 2 rings (SSSR count). The molecule has 0 spiro atoms. The van der Waals surface area contributed by atoms with Crippen LogP contribution in [-0.4, -0.2) is 36.3 Å². The third-order valence-corrected chi connectivity index (χ3v) is 3.80. The highest BCUT2D eigenvalue weighted by Crippen LogP contribution is 2.30. The van der Waals surface area contributed by atoms with Crippen molar-refractivity contribution in [3.05, 3.63) is 29.8 Å². The van der Waals surface area contributed by atoms with Crippen LogP contribution in [0.5, 0.6) is 5.75 Å². The van der Waals surface area contributed by atoms with E-state index in [4.69, 9.17) is 4.74 Å². The van der Waals surface area contributed by atoms with E-state index in [0.29, 0.717) is 25.2 Å². The van der Waals surface area contributed by atoms with Crippen molar-refractivity contribution in [2.45, 2.75) is 44.8 Å². The summed E-state index contributed by atoms with van der Waals surface area (Å²) in [5.74, 6) is 0.356. The zero-order chi connectivity index (χ0) is 16.9. The Balaban J connectivity index is 1.95. The van der Waals surface area contributed by atoms with Gasteiger partial charge in [0.05, 0.1) is 6.61 Å². The van der Waals surface area contributed by atoms with Crippen LogP contribution in [0, 0.1) is 0 Å². The molecule has 0 radical (unpaired) electrons. The van der Waals surface area contributed by atoms with Crippen molar-refractivity contribution in [2.24, 2.45) is 0 Å². The molecular formula is C16H21F3N2O2. The summed E-state index contributed by atoms with van der Waals surface area (Å²) in [4.78, 5) is 11.2. The van der Waals surface area contributed by atoms with E-state index in [1.165, 1.54) is 0 Å². The number of alkyl halides is 3. The van der Waals surface area contributed by atoms with Gasteiger partial charge in [0.1, 0.15) is 11.8 Å². The van der Waals surface area contributed by atoms with Gasteiger partial charge >= 0.3 is 6.18 Å². The Hall–Kier alpha value is -1.76. The van der Waals surface area contributed by atoms with Gasteiger partial charge in [-0.05, 0) is 37.8 Å². The summed E-state index contributed by atoms with van der Waals surface area (Å²) >= 11 is 0. The first-order valence-electron chi connectivity index (χ1n) is 7.75. The highest BCUT2D eigenvalue weighted by Gasteiger charge is 2.45. The van der Waals surface area contributed by atoms with Crippen molar-refractivity contribution in [1.29, 1.82) is 0 Å². The van der Waals surface area contributed by atoms with E-state index in [-0.39, 0.29) is 25.3 Å². The van der Waals surface area contributed by atoms with Crippen LogP contribution >= 0.6 is 0 Å². The number of amides is 1. The van der Waals surface area contributed by atoms with Gasteiger partial charge in [0.15, 0.2) is 0 Å². The molecule has 0 unspecified atom stereocenters. The Labute approximate surface area is 133 Å². The number of carbonyl (C=O) groups excluding carboxylic acids is 1. The summed E-state index contributed by atoms with van der Waals surface area (Å²) in [6.07, 6.45) is -3.45. The Morgan fingerprint density at radius 1 is 1.35 bits per heavy atom. The minimum atomic E-state index is -4.36. The van der Waals surface area contributed by atoms with E-state index in [0.717, 1.165) is 10.6 Å². The van der Waals surface area contributed by atoms with Crippen LogP contribution in [0.4, 0.5) is 13.2 Å². The molecule has 1 N–H and O–H groups in total. The second-order valence-corrected chi connectivity index (χ2v) is 5.47. The van der Waals surface area contributed by atoms with Crippen molar-refractivity contribution in [3.8, 4) is 5.75 Å². The quantitative estimate of drug-likeness (QED) is 0.835. The second kappa shape index (κ2) is 7.68. The number of nitrogens with zero attached hydrogens (tertiary/aromatic N) is 1. The van der Waals surface area contributed by atoms with Gasteiger partial charge in [-0.1, -0.05) is 18.2 Å². The number of hydrogen-bond donors (Lipinski definition) is 1. The minimum absolute atomic E-state index is 0.0652. The lowest BCUT2D eigenvalue weighted by molar-refractivity contribution is -0.190. The molecule has 0 bridgehead atoms. The number of hydrogen-bond acceptors (Lipinski definition) is 3. The third kappa shape index (κ3) is 4.86. The molecule has 0 aliphatic carbocycles. The molecule has 1 fully saturated rings. The molecule has 7 heteroatoms. The van der Waals surface area contributed by atoms with Crippen LogP contribution in [0.15, 0.2) is 24.3 Å². The number of rotatable bonds is 7. The van der Waals surface area contributed by atoms with Gasteiger partial charge in [0, 0.05) is 13.0 Å². The first-order valence-corrected chi connectivity index (χ1v) is 7.75. The number of benzene rings is 1. The molecule has 1 saturated heterocycles. The first kappa shape index (κ1) is 17.6. The molecule has 1 aromatic rings. The number of ether oxygens (including phenoxy) is 1.